The third-order valence-electron chi connectivity index (χ3n) is 5.62. The molecule has 2 aromatic rings. The van der Waals surface area contributed by atoms with Gasteiger partial charge in [-0.05, 0) is 73.0 Å². The Morgan fingerprint density at radius 1 is 1.30 bits per heavy atom. The molecule has 1 heterocycles. The van der Waals surface area contributed by atoms with Crippen LogP contribution in [0.1, 0.15) is 63.9 Å². The SMILES string of the molecule is Cc1ccc(C(=O)NC(=S)Nc2sc3c(c2C(N)=O)CC[C@H](C(C)(C)C)C3)cc1Cl. The van der Waals surface area contributed by atoms with E-state index in [1.165, 1.54) is 11.3 Å². The van der Waals surface area contributed by atoms with Gasteiger partial charge in [0.2, 0.25) is 0 Å². The molecule has 1 atom stereocenters. The highest BCUT2D eigenvalue weighted by molar-refractivity contribution is 7.80. The Balaban J connectivity index is 1.78. The van der Waals surface area contributed by atoms with Crippen LogP contribution in [0.5, 0.6) is 0 Å². The highest BCUT2D eigenvalue weighted by Crippen LogP contribution is 2.44. The van der Waals surface area contributed by atoms with Crippen LogP contribution in [0.4, 0.5) is 5.00 Å². The van der Waals surface area contributed by atoms with Crippen molar-refractivity contribution in [2.75, 3.05) is 5.32 Å². The Labute approximate surface area is 191 Å². The molecule has 1 aliphatic carbocycles. The van der Waals surface area contributed by atoms with Crippen molar-refractivity contribution >= 4 is 57.1 Å². The van der Waals surface area contributed by atoms with Gasteiger partial charge in [0.15, 0.2) is 5.11 Å². The van der Waals surface area contributed by atoms with Gasteiger partial charge in [0.05, 0.1) is 5.56 Å². The number of primary amides is 1. The van der Waals surface area contributed by atoms with Gasteiger partial charge in [-0.1, -0.05) is 38.4 Å². The number of carbonyl (C=O) groups excluding carboxylic acids is 2. The molecule has 0 spiro atoms. The second kappa shape index (κ2) is 8.65. The van der Waals surface area contributed by atoms with Crippen LogP contribution in [0.25, 0.3) is 0 Å². The summed E-state index contributed by atoms with van der Waals surface area (Å²) < 4.78 is 0. The van der Waals surface area contributed by atoms with Gasteiger partial charge in [-0.2, -0.15) is 0 Å². The molecule has 5 nitrogen and oxygen atoms in total. The van der Waals surface area contributed by atoms with Crippen LogP contribution in [-0.4, -0.2) is 16.9 Å². The lowest BCUT2D eigenvalue weighted by molar-refractivity contribution is 0.0975. The fourth-order valence-electron chi connectivity index (χ4n) is 3.72. The Morgan fingerprint density at radius 3 is 2.60 bits per heavy atom. The first-order chi connectivity index (χ1) is 14.0. The highest BCUT2D eigenvalue weighted by Gasteiger charge is 2.33. The minimum absolute atomic E-state index is 0.116. The fraction of sp³-hybridized carbons (Fsp3) is 0.409. The summed E-state index contributed by atoms with van der Waals surface area (Å²) in [4.78, 5) is 25.8. The largest absolute Gasteiger partial charge is 0.365 e. The van der Waals surface area contributed by atoms with E-state index in [0.29, 0.717) is 27.1 Å². The number of thiophene rings is 1. The number of fused-ring (bicyclic) bond motifs is 1. The minimum atomic E-state index is -0.483. The molecule has 1 aromatic carbocycles. The van der Waals surface area contributed by atoms with Gasteiger partial charge >= 0.3 is 0 Å². The number of thiocarbonyl (C=S) groups is 1. The fourth-order valence-corrected chi connectivity index (χ4v) is 5.49. The number of nitrogens with one attached hydrogen (secondary N) is 2. The second-order valence-electron chi connectivity index (χ2n) is 8.75. The molecular weight excluding hydrogens is 438 g/mol. The maximum Gasteiger partial charge on any atom is 0.257 e. The van der Waals surface area contributed by atoms with Gasteiger partial charge < -0.3 is 11.1 Å². The quantitative estimate of drug-likeness (QED) is 0.553. The molecule has 8 heteroatoms. The first-order valence-corrected chi connectivity index (χ1v) is 11.4. The van der Waals surface area contributed by atoms with Crippen LogP contribution in [0.3, 0.4) is 0 Å². The summed E-state index contributed by atoms with van der Waals surface area (Å²) in [6.07, 6.45) is 2.74. The van der Waals surface area contributed by atoms with Crippen molar-refractivity contribution in [3.05, 3.63) is 50.4 Å². The Kier molecular flexibility index (Phi) is 6.55. The number of amides is 2. The van der Waals surface area contributed by atoms with E-state index in [1.54, 1.807) is 18.2 Å². The van der Waals surface area contributed by atoms with E-state index in [2.05, 4.69) is 31.4 Å². The van der Waals surface area contributed by atoms with Gasteiger partial charge in [0, 0.05) is 15.5 Å². The number of aryl methyl sites for hydroxylation is 1. The number of halogens is 1. The van der Waals surface area contributed by atoms with E-state index >= 15 is 0 Å². The molecule has 0 saturated carbocycles. The van der Waals surface area contributed by atoms with E-state index in [4.69, 9.17) is 29.6 Å². The third kappa shape index (κ3) is 4.85. The topological polar surface area (TPSA) is 84.2 Å². The Hall–Kier alpha value is -1.96. The number of benzene rings is 1. The van der Waals surface area contributed by atoms with Crippen molar-refractivity contribution in [1.29, 1.82) is 0 Å². The van der Waals surface area contributed by atoms with Crippen LogP contribution >= 0.6 is 35.2 Å². The lowest BCUT2D eigenvalue weighted by Gasteiger charge is -2.33. The zero-order valence-electron chi connectivity index (χ0n) is 17.5. The summed E-state index contributed by atoms with van der Waals surface area (Å²) in [6.45, 7) is 8.59. The average molecular weight is 464 g/mol. The summed E-state index contributed by atoms with van der Waals surface area (Å²) in [7, 11) is 0. The summed E-state index contributed by atoms with van der Waals surface area (Å²) in [5.41, 5.74) is 8.67. The normalized spacial score (nSPS) is 16.0. The second-order valence-corrected chi connectivity index (χ2v) is 10.7. The van der Waals surface area contributed by atoms with Crippen LogP contribution in [0.15, 0.2) is 18.2 Å². The molecule has 2 amide bonds. The van der Waals surface area contributed by atoms with Gasteiger partial charge in [-0.25, -0.2) is 0 Å². The average Bonchev–Trinajstić information content (AvgIpc) is 2.99. The van der Waals surface area contributed by atoms with Crippen molar-refractivity contribution in [2.24, 2.45) is 17.1 Å². The molecule has 4 N–H and O–H groups in total. The smallest absolute Gasteiger partial charge is 0.257 e. The van der Waals surface area contributed by atoms with E-state index in [0.717, 1.165) is 35.3 Å². The zero-order chi connectivity index (χ0) is 22.2. The van der Waals surface area contributed by atoms with Crippen LogP contribution in [0, 0.1) is 18.3 Å². The third-order valence-corrected chi connectivity index (χ3v) is 7.41. The van der Waals surface area contributed by atoms with Gasteiger partial charge in [-0.3, -0.25) is 14.9 Å². The molecule has 1 aliphatic rings. The molecule has 0 fully saturated rings. The molecule has 1 aromatic heterocycles. The molecule has 0 saturated heterocycles. The maximum absolute atomic E-state index is 12.5. The lowest BCUT2D eigenvalue weighted by atomic mass is 9.72. The van der Waals surface area contributed by atoms with E-state index in [9.17, 15) is 9.59 Å². The molecule has 0 aliphatic heterocycles. The maximum atomic E-state index is 12.5. The van der Waals surface area contributed by atoms with E-state index < -0.39 is 5.91 Å². The summed E-state index contributed by atoms with van der Waals surface area (Å²) in [5.74, 6) is -0.317. The van der Waals surface area contributed by atoms with Crippen molar-refractivity contribution in [2.45, 2.75) is 47.0 Å². The number of nitrogens with two attached hydrogens (primary N) is 1. The highest BCUT2D eigenvalue weighted by atomic mass is 35.5. The number of rotatable bonds is 3. The van der Waals surface area contributed by atoms with Crippen LogP contribution in [0.2, 0.25) is 5.02 Å². The minimum Gasteiger partial charge on any atom is -0.365 e. The number of hydrogen-bond acceptors (Lipinski definition) is 4. The van der Waals surface area contributed by atoms with Crippen molar-refractivity contribution in [1.82, 2.24) is 5.32 Å². The van der Waals surface area contributed by atoms with Crippen molar-refractivity contribution < 1.29 is 9.59 Å². The summed E-state index contributed by atoms with van der Waals surface area (Å²) in [6, 6.07) is 5.06. The van der Waals surface area contributed by atoms with Gasteiger partial charge in [-0.15, -0.1) is 11.3 Å². The molecule has 0 bridgehead atoms. The van der Waals surface area contributed by atoms with Crippen molar-refractivity contribution in [3.8, 4) is 0 Å². The number of carbonyl (C=O) groups is 2. The molecule has 0 radical (unpaired) electrons. The van der Waals surface area contributed by atoms with Gasteiger partial charge in [0.1, 0.15) is 5.00 Å². The Morgan fingerprint density at radius 2 is 2.00 bits per heavy atom. The van der Waals surface area contributed by atoms with E-state index in [-0.39, 0.29) is 16.4 Å². The van der Waals surface area contributed by atoms with Crippen molar-refractivity contribution in [3.63, 3.8) is 0 Å². The summed E-state index contributed by atoms with van der Waals surface area (Å²) >= 11 is 12.9. The first-order valence-electron chi connectivity index (χ1n) is 9.80. The molecule has 0 unspecified atom stereocenters. The predicted octanol–water partition coefficient (Wildman–Crippen LogP) is 5.09. The number of anilines is 1. The molecule has 160 valence electrons. The van der Waals surface area contributed by atoms with Gasteiger partial charge in [0.25, 0.3) is 11.8 Å². The van der Waals surface area contributed by atoms with Crippen LogP contribution < -0.4 is 16.4 Å². The van der Waals surface area contributed by atoms with Crippen LogP contribution in [-0.2, 0) is 12.8 Å². The Bertz CT molecular complexity index is 1020. The molecular formula is C22H26ClN3O2S2. The zero-order valence-corrected chi connectivity index (χ0v) is 19.9. The molecule has 3 rings (SSSR count). The number of hydrogen-bond donors (Lipinski definition) is 3. The summed E-state index contributed by atoms with van der Waals surface area (Å²) in [5, 5.41) is 6.88. The standard InChI is InChI=1S/C22H26ClN3O2S2/c1-11-5-6-12(9-15(11)23)19(28)25-21(29)26-20-17(18(24)27)14-8-7-13(22(2,3)4)10-16(14)30-20/h5-6,9,13H,7-8,10H2,1-4H3,(H2,24,27)(H2,25,26,28,29)/t13-/m0/s1. The van der Waals surface area contributed by atoms with E-state index in [1.807, 2.05) is 6.92 Å². The lowest BCUT2D eigenvalue weighted by Crippen LogP contribution is -2.34. The molecule has 30 heavy (non-hydrogen) atoms. The predicted molar refractivity (Wildman–Crippen MR) is 128 cm³/mol. The monoisotopic (exact) mass is 463 g/mol. The first kappa shape index (κ1) is 22.7.